The molecule has 11 nitrogen and oxygen atoms in total. The number of piperazine rings is 2. The van der Waals surface area contributed by atoms with Gasteiger partial charge in [0.05, 0.1) is 16.5 Å². The second-order valence-corrected chi connectivity index (χ2v) is 16.4. The molecule has 2 fully saturated rings. The minimum atomic E-state index is -3.37. The minimum Gasteiger partial charge on any atom is -0.368 e. The van der Waals surface area contributed by atoms with Gasteiger partial charge in [-0.1, -0.05) is 66.7 Å². The fourth-order valence-electron chi connectivity index (χ4n) is 7.17. The van der Waals surface area contributed by atoms with E-state index >= 15 is 0 Å². The van der Waals surface area contributed by atoms with E-state index in [2.05, 4.69) is 15.9 Å². The van der Waals surface area contributed by atoms with Crippen LogP contribution in [0.4, 0.5) is 5.69 Å². The van der Waals surface area contributed by atoms with Gasteiger partial charge in [0.1, 0.15) is 6.04 Å². The molecule has 2 saturated heterocycles. The molecule has 0 bridgehead atoms. The Hall–Kier alpha value is -5.77. The van der Waals surface area contributed by atoms with Gasteiger partial charge in [0.25, 0.3) is 0 Å². The molecule has 0 N–H and O–H groups in total. The van der Waals surface area contributed by atoms with E-state index in [0.717, 1.165) is 41.7 Å². The molecule has 4 aromatic rings. The van der Waals surface area contributed by atoms with Gasteiger partial charge >= 0.3 is 0 Å². The van der Waals surface area contributed by atoms with E-state index in [1.807, 2.05) is 88.7 Å². The average Bonchev–Trinajstić information content (AvgIpc) is 3.22. The van der Waals surface area contributed by atoms with E-state index in [-0.39, 0.29) is 29.2 Å². The average molecular weight is 773 g/mol. The molecule has 0 spiro atoms. The zero-order valence-corrected chi connectivity index (χ0v) is 32.8. The standard InChI is InChI=1S/C44H48N6O5S/c1-34(51)47-26-28-48(29-27-47)40-17-12-39(13-18-40)33-50(43(52)21-16-35-14-19-41(20-15-35)56(2,54)55)42(30-36-6-4-3-5-7-36)44(53)49-24-22-46(23-25-49)32-38-10-8-37(31-45)9-11-38/h3-21,42H,22-30,32-33H2,1-2H3/t42-/m0/s1. The van der Waals surface area contributed by atoms with E-state index in [9.17, 15) is 22.8 Å². The zero-order chi connectivity index (χ0) is 39.7. The van der Waals surface area contributed by atoms with Gasteiger partial charge in [0.15, 0.2) is 9.84 Å². The number of nitrogens with zero attached hydrogens (tertiary/aromatic N) is 6. The maximum atomic E-state index is 14.7. The predicted molar refractivity (Wildman–Crippen MR) is 217 cm³/mol. The first-order valence-corrected chi connectivity index (χ1v) is 20.8. The van der Waals surface area contributed by atoms with Crippen LogP contribution in [0, 0.1) is 11.3 Å². The normalized spacial score (nSPS) is 15.7. The number of anilines is 1. The Morgan fingerprint density at radius 2 is 1.36 bits per heavy atom. The summed E-state index contributed by atoms with van der Waals surface area (Å²) in [5.41, 5.74) is 5.21. The Morgan fingerprint density at radius 3 is 1.95 bits per heavy atom. The SMILES string of the molecule is CC(=O)N1CCN(c2ccc(CN(C(=O)C=Cc3ccc(S(C)(=O)=O)cc3)[C@@H](Cc3ccccc3)C(=O)N3CCN(Cc4ccc(C#N)cc4)CC3)cc2)CC1. The van der Waals surface area contributed by atoms with Crippen LogP contribution in [-0.4, -0.2) is 110 Å². The van der Waals surface area contributed by atoms with Crippen LogP contribution in [0.3, 0.4) is 0 Å². The summed E-state index contributed by atoms with van der Waals surface area (Å²) in [6, 6.07) is 33.0. The molecule has 2 heterocycles. The molecule has 290 valence electrons. The summed E-state index contributed by atoms with van der Waals surface area (Å²) in [6.45, 7) is 7.64. The van der Waals surface area contributed by atoms with E-state index in [4.69, 9.17) is 5.26 Å². The first-order chi connectivity index (χ1) is 27.0. The van der Waals surface area contributed by atoms with Crippen molar-refractivity contribution in [2.75, 3.05) is 63.5 Å². The molecule has 1 atom stereocenters. The fourth-order valence-corrected chi connectivity index (χ4v) is 7.80. The highest BCUT2D eigenvalue weighted by Gasteiger charge is 2.34. The van der Waals surface area contributed by atoms with Crippen LogP contribution in [0.25, 0.3) is 6.08 Å². The number of rotatable bonds is 12. The second-order valence-electron chi connectivity index (χ2n) is 14.4. The first-order valence-electron chi connectivity index (χ1n) is 18.9. The lowest BCUT2D eigenvalue weighted by Gasteiger charge is -2.39. The summed E-state index contributed by atoms with van der Waals surface area (Å²) >= 11 is 0. The molecule has 0 aromatic heterocycles. The van der Waals surface area contributed by atoms with Crippen LogP contribution in [0.5, 0.6) is 0 Å². The Kier molecular flexibility index (Phi) is 13.0. The summed E-state index contributed by atoms with van der Waals surface area (Å²) in [5.74, 6) is -0.379. The molecule has 0 unspecified atom stereocenters. The van der Waals surface area contributed by atoms with Crippen LogP contribution >= 0.6 is 0 Å². The quantitative estimate of drug-likeness (QED) is 0.191. The molecule has 0 radical (unpaired) electrons. The second kappa shape index (κ2) is 18.2. The molecule has 2 aliphatic heterocycles. The van der Waals surface area contributed by atoms with Crippen LogP contribution in [0.2, 0.25) is 0 Å². The molecule has 3 amide bonds. The third-order valence-corrected chi connectivity index (χ3v) is 11.6. The summed E-state index contributed by atoms with van der Waals surface area (Å²) in [7, 11) is -3.37. The third-order valence-electron chi connectivity index (χ3n) is 10.5. The van der Waals surface area contributed by atoms with Crippen molar-refractivity contribution in [2.45, 2.75) is 37.4 Å². The number of carbonyl (C=O) groups excluding carboxylic acids is 3. The highest BCUT2D eigenvalue weighted by Crippen LogP contribution is 2.23. The van der Waals surface area contributed by atoms with Crippen molar-refractivity contribution < 1.29 is 22.8 Å². The van der Waals surface area contributed by atoms with Crippen molar-refractivity contribution in [2.24, 2.45) is 0 Å². The lowest BCUT2D eigenvalue weighted by Crippen LogP contribution is -2.56. The molecule has 2 aliphatic rings. The number of amides is 3. The van der Waals surface area contributed by atoms with Gasteiger partial charge in [-0.05, 0) is 64.7 Å². The van der Waals surface area contributed by atoms with Crippen LogP contribution in [0.1, 0.15) is 34.7 Å². The van der Waals surface area contributed by atoms with Crippen molar-refractivity contribution >= 4 is 39.3 Å². The van der Waals surface area contributed by atoms with Crippen molar-refractivity contribution in [1.82, 2.24) is 19.6 Å². The maximum absolute atomic E-state index is 14.7. The lowest BCUT2D eigenvalue weighted by molar-refractivity contribution is -0.145. The van der Waals surface area contributed by atoms with Crippen LogP contribution in [-0.2, 0) is 43.7 Å². The van der Waals surface area contributed by atoms with E-state index in [1.54, 1.807) is 30.0 Å². The molecule has 6 rings (SSSR count). The van der Waals surface area contributed by atoms with Gasteiger partial charge < -0.3 is 19.6 Å². The van der Waals surface area contributed by atoms with Crippen molar-refractivity contribution in [1.29, 1.82) is 5.26 Å². The highest BCUT2D eigenvalue weighted by atomic mass is 32.2. The van der Waals surface area contributed by atoms with E-state index in [1.165, 1.54) is 18.2 Å². The topological polar surface area (TPSA) is 125 Å². The molecule has 4 aromatic carbocycles. The number of nitriles is 1. The number of sulfone groups is 1. The number of hydrogen-bond donors (Lipinski definition) is 0. The summed E-state index contributed by atoms with van der Waals surface area (Å²) < 4.78 is 24.0. The molecule has 12 heteroatoms. The number of benzene rings is 4. The van der Waals surface area contributed by atoms with Crippen LogP contribution in [0.15, 0.2) is 114 Å². The summed E-state index contributed by atoms with van der Waals surface area (Å²) in [6.07, 6.45) is 4.59. The van der Waals surface area contributed by atoms with Gasteiger partial charge in [-0.2, -0.15) is 5.26 Å². The maximum Gasteiger partial charge on any atom is 0.247 e. The minimum absolute atomic E-state index is 0.0781. The number of carbonyl (C=O) groups is 3. The summed E-state index contributed by atoms with van der Waals surface area (Å²) in [5, 5.41) is 9.17. The van der Waals surface area contributed by atoms with Gasteiger partial charge in [0.2, 0.25) is 17.7 Å². The third kappa shape index (κ3) is 10.5. The molecule has 0 aliphatic carbocycles. The molecule has 56 heavy (non-hydrogen) atoms. The zero-order valence-electron chi connectivity index (χ0n) is 32.0. The van der Waals surface area contributed by atoms with Crippen molar-refractivity contribution in [3.05, 3.63) is 137 Å². The van der Waals surface area contributed by atoms with Crippen LogP contribution < -0.4 is 4.90 Å². The van der Waals surface area contributed by atoms with Gasteiger partial charge in [-0.15, -0.1) is 0 Å². The summed E-state index contributed by atoms with van der Waals surface area (Å²) in [4.78, 5) is 51.0. The van der Waals surface area contributed by atoms with Crippen molar-refractivity contribution in [3.8, 4) is 6.07 Å². The van der Waals surface area contributed by atoms with Gasteiger partial charge in [-0.3, -0.25) is 19.3 Å². The molecular formula is C44H48N6O5S. The molecular weight excluding hydrogens is 725 g/mol. The largest absolute Gasteiger partial charge is 0.368 e. The smallest absolute Gasteiger partial charge is 0.247 e. The fraction of sp³-hybridized carbons (Fsp3) is 0.318. The Balaban J connectivity index is 1.25. The Morgan fingerprint density at radius 1 is 0.750 bits per heavy atom. The lowest BCUT2D eigenvalue weighted by atomic mass is 10.0. The Bertz CT molecular complexity index is 2150. The van der Waals surface area contributed by atoms with E-state index in [0.29, 0.717) is 63.4 Å². The monoisotopic (exact) mass is 772 g/mol. The number of hydrogen-bond acceptors (Lipinski definition) is 8. The highest BCUT2D eigenvalue weighted by molar-refractivity contribution is 7.90. The Labute approximate surface area is 330 Å². The predicted octanol–water partition coefficient (Wildman–Crippen LogP) is 4.63. The van der Waals surface area contributed by atoms with E-state index < -0.39 is 15.9 Å². The van der Waals surface area contributed by atoms with Gasteiger partial charge in [-0.25, -0.2) is 8.42 Å². The van der Waals surface area contributed by atoms with Gasteiger partial charge in [0, 0.05) is 96.8 Å². The molecule has 0 saturated carbocycles. The first kappa shape index (κ1) is 39.9. The van der Waals surface area contributed by atoms with Crippen molar-refractivity contribution in [3.63, 3.8) is 0 Å².